The third-order valence-electron chi connectivity index (χ3n) is 2.12. The van der Waals surface area contributed by atoms with E-state index >= 15 is 0 Å². The van der Waals surface area contributed by atoms with E-state index in [1.165, 1.54) is 6.33 Å². The second-order valence-electron chi connectivity index (χ2n) is 3.45. The summed E-state index contributed by atoms with van der Waals surface area (Å²) in [6.07, 6.45) is 6.23. The van der Waals surface area contributed by atoms with Crippen molar-refractivity contribution in [3.8, 4) is 0 Å². The number of hydrogen-bond acceptors (Lipinski definition) is 4. The van der Waals surface area contributed by atoms with E-state index in [9.17, 15) is 4.79 Å². The van der Waals surface area contributed by atoms with Crippen LogP contribution in [0.1, 0.15) is 19.8 Å². The molecule has 3 N–H and O–H groups in total. The zero-order valence-electron chi connectivity index (χ0n) is 8.81. The number of carbonyl (C=O) groups is 1. The molecular weight excluding hydrogens is 192 g/mol. The molecule has 1 unspecified atom stereocenters. The molecule has 5 heteroatoms. The standard InChI is InChI=1S/C10H16N4O/c1-8(3-2-4-11)10(15)14-9-5-12-7-13-6-9/h5-8H,2-4,11H2,1H3,(H,14,15). The number of hydrogen-bond donors (Lipinski definition) is 2. The average Bonchev–Trinajstić information content (AvgIpc) is 2.27. The largest absolute Gasteiger partial charge is 0.330 e. The maximum absolute atomic E-state index is 11.6. The molecule has 0 saturated carbocycles. The van der Waals surface area contributed by atoms with Gasteiger partial charge >= 0.3 is 0 Å². The monoisotopic (exact) mass is 208 g/mol. The van der Waals surface area contributed by atoms with E-state index in [1.54, 1.807) is 12.4 Å². The van der Waals surface area contributed by atoms with Gasteiger partial charge in [-0.15, -0.1) is 0 Å². The average molecular weight is 208 g/mol. The normalized spacial score (nSPS) is 12.1. The van der Waals surface area contributed by atoms with Crippen molar-refractivity contribution in [2.45, 2.75) is 19.8 Å². The minimum absolute atomic E-state index is 0.0155. The fourth-order valence-electron chi connectivity index (χ4n) is 1.18. The van der Waals surface area contributed by atoms with E-state index < -0.39 is 0 Å². The molecule has 15 heavy (non-hydrogen) atoms. The Hall–Kier alpha value is -1.49. The van der Waals surface area contributed by atoms with Crippen LogP contribution in [0.15, 0.2) is 18.7 Å². The first-order chi connectivity index (χ1) is 7.24. The Labute approximate surface area is 89.1 Å². The van der Waals surface area contributed by atoms with Gasteiger partial charge in [0, 0.05) is 5.92 Å². The van der Waals surface area contributed by atoms with Crippen LogP contribution in [0.5, 0.6) is 0 Å². The lowest BCUT2D eigenvalue weighted by Crippen LogP contribution is -2.21. The first-order valence-corrected chi connectivity index (χ1v) is 5.00. The summed E-state index contributed by atoms with van der Waals surface area (Å²) in [5.41, 5.74) is 6.00. The lowest BCUT2D eigenvalue weighted by atomic mass is 10.1. The number of carbonyl (C=O) groups excluding carboxylic acids is 1. The van der Waals surface area contributed by atoms with Gasteiger partial charge in [0.2, 0.25) is 5.91 Å². The van der Waals surface area contributed by atoms with Crippen LogP contribution in [0.3, 0.4) is 0 Å². The van der Waals surface area contributed by atoms with Crippen molar-refractivity contribution in [1.82, 2.24) is 9.97 Å². The van der Waals surface area contributed by atoms with Crippen LogP contribution in [0.4, 0.5) is 5.69 Å². The van der Waals surface area contributed by atoms with Crippen LogP contribution in [0, 0.1) is 5.92 Å². The van der Waals surface area contributed by atoms with Crippen molar-refractivity contribution >= 4 is 11.6 Å². The summed E-state index contributed by atoms with van der Waals surface area (Å²) in [6, 6.07) is 0. The highest BCUT2D eigenvalue weighted by atomic mass is 16.1. The molecule has 0 aliphatic rings. The smallest absolute Gasteiger partial charge is 0.227 e. The van der Waals surface area contributed by atoms with Gasteiger partial charge in [-0.3, -0.25) is 4.79 Å². The molecule has 0 saturated heterocycles. The van der Waals surface area contributed by atoms with Gasteiger partial charge in [-0.1, -0.05) is 6.92 Å². The molecule has 1 aromatic rings. The van der Waals surface area contributed by atoms with Crippen molar-refractivity contribution in [2.75, 3.05) is 11.9 Å². The quantitative estimate of drug-likeness (QED) is 0.749. The first-order valence-electron chi connectivity index (χ1n) is 5.00. The summed E-state index contributed by atoms with van der Waals surface area (Å²) < 4.78 is 0. The van der Waals surface area contributed by atoms with Crippen molar-refractivity contribution in [1.29, 1.82) is 0 Å². The van der Waals surface area contributed by atoms with Crippen LogP contribution < -0.4 is 11.1 Å². The van der Waals surface area contributed by atoms with Gasteiger partial charge in [0.25, 0.3) is 0 Å². The molecule has 0 bridgehead atoms. The number of nitrogens with zero attached hydrogens (tertiary/aromatic N) is 2. The highest BCUT2D eigenvalue weighted by Gasteiger charge is 2.12. The molecule has 0 spiro atoms. The van der Waals surface area contributed by atoms with Gasteiger partial charge in [0.1, 0.15) is 6.33 Å². The third-order valence-corrected chi connectivity index (χ3v) is 2.12. The second-order valence-corrected chi connectivity index (χ2v) is 3.45. The van der Waals surface area contributed by atoms with Gasteiger partial charge in [0.15, 0.2) is 0 Å². The Morgan fingerprint density at radius 3 is 2.80 bits per heavy atom. The highest BCUT2D eigenvalue weighted by molar-refractivity contribution is 5.91. The zero-order chi connectivity index (χ0) is 11.1. The molecule has 1 rings (SSSR count). The summed E-state index contributed by atoms with van der Waals surface area (Å²) in [7, 11) is 0. The number of anilines is 1. The van der Waals surface area contributed by atoms with Gasteiger partial charge in [-0.2, -0.15) is 0 Å². The highest BCUT2D eigenvalue weighted by Crippen LogP contribution is 2.09. The Kier molecular flexibility index (Phi) is 4.70. The predicted molar refractivity (Wildman–Crippen MR) is 58.1 cm³/mol. The molecule has 0 fully saturated rings. The molecule has 5 nitrogen and oxygen atoms in total. The molecule has 82 valence electrons. The molecule has 1 atom stereocenters. The summed E-state index contributed by atoms with van der Waals surface area (Å²) in [5, 5.41) is 2.75. The maximum atomic E-state index is 11.6. The van der Waals surface area contributed by atoms with E-state index in [2.05, 4.69) is 15.3 Å². The molecule has 0 radical (unpaired) electrons. The minimum Gasteiger partial charge on any atom is -0.330 e. The van der Waals surface area contributed by atoms with Crippen molar-refractivity contribution in [2.24, 2.45) is 11.7 Å². The van der Waals surface area contributed by atoms with Gasteiger partial charge in [-0.25, -0.2) is 9.97 Å². The Balaban J connectivity index is 2.42. The van der Waals surface area contributed by atoms with Crippen molar-refractivity contribution in [3.05, 3.63) is 18.7 Å². The van der Waals surface area contributed by atoms with E-state index in [4.69, 9.17) is 5.73 Å². The van der Waals surface area contributed by atoms with Crippen LogP contribution in [-0.4, -0.2) is 22.4 Å². The van der Waals surface area contributed by atoms with Gasteiger partial charge < -0.3 is 11.1 Å². The van der Waals surface area contributed by atoms with Crippen LogP contribution in [-0.2, 0) is 4.79 Å². The van der Waals surface area contributed by atoms with Gasteiger partial charge in [-0.05, 0) is 19.4 Å². The Bertz CT molecular complexity index is 302. The number of nitrogens with one attached hydrogen (secondary N) is 1. The molecule has 1 amide bonds. The van der Waals surface area contributed by atoms with E-state index in [0.717, 1.165) is 12.8 Å². The van der Waals surface area contributed by atoms with Crippen LogP contribution >= 0.6 is 0 Å². The predicted octanol–water partition coefficient (Wildman–Crippen LogP) is 0.790. The fraction of sp³-hybridized carbons (Fsp3) is 0.500. The summed E-state index contributed by atoms with van der Waals surface area (Å²) in [5.74, 6) is -0.0491. The lowest BCUT2D eigenvalue weighted by molar-refractivity contribution is -0.119. The molecule has 0 aromatic carbocycles. The third kappa shape index (κ3) is 4.03. The minimum atomic E-state index is -0.0336. The molecule has 1 aromatic heterocycles. The van der Waals surface area contributed by atoms with E-state index in [0.29, 0.717) is 12.2 Å². The fourth-order valence-corrected chi connectivity index (χ4v) is 1.18. The number of rotatable bonds is 5. The summed E-state index contributed by atoms with van der Waals surface area (Å²) in [4.78, 5) is 19.2. The maximum Gasteiger partial charge on any atom is 0.227 e. The first kappa shape index (κ1) is 11.6. The molecular formula is C10H16N4O. The van der Waals surface area contributed by atoms with E-state index in [-0.39, 0.29) is 11.8 Å². The van der Waals surface area contributed by atoms with Gasteiger partial charge in [0.05, 0.1) is 18.1 Å². The van der Waals surface area contributed by atoms with Crippen LogP contribution in [0.2, 0.25) is 0 Å². The second kappa shape index (κ2) is 6.08. The van der Waals surface area contributed by atoms with Crippen molar-refractivity contribution in [3.63, 3.8) is 0 Å². The molecule has 0 aliphatic heterocycles. The van der Waals surface area contributed by atoms with Crippen LogP contribution in [0.25, 0.3) is 0 Å². The lowest BCUT2D eigenvalue weighted by Gasteiger charge is -2.10. The topological polar surface area (TPSA) is 80.9 Å². The zero-order valence-corrected chi connectivity index (χ0v) is 8.81. The van der Waals surface area contributed by atoms with E-state index in [1.807, 2.05) is 6.92 Å². The summed E-state index contributed by atoms with van der Waals surface area (Å²) in [6.45, 7) is 2.50. The summed E-state index contributed by atoms with van der Waals surface area (Å²) >= 11 is 0. The SMILES string of the molecule is CC(CCCN)C(=O)Nc1cncnc1. The number of nitrogens with two attached hydrogens (primary N) is 1. The molecule has 0 aliphatic carbocycles. The van der Waals surface area contributed by atoms with Crippen molar-refractivity contribution < 1.29 is 4.79 Å². The number of amides is 1. The Morgan fingerprint density at radius 1 is 1.53 bits per heavy atom. The Morgan fingerprint density at radius 2 is 2.20 bits per heavy atom. The molecule has 1 heterocycles. The number of aromatic nitrogens is 2.